The van der Waals surface area contributed by atoms with Crippen LogP contribution in [0.5, 0.6) is 5.75 Å². The van der Waals surface area contributed by atoms with Crippen molar-refractivity contribution in [2.45, 2.75) is 47.7 Å². The van der Waals surface area contributed by atoms with Gasteiger partial charge in [-0.15, -0.1) is 11.3 Å². The highest BCUT2D eigenvalue weighted by atomic mass is 32.1. The fraction of sp³-hybridized carbons (Fsp3) is 0.545. The van der Waals surface area contributed by atoms with E-state index in [0.717, 1.165) is 60.7 Å². The number of benzene rings is 1. The van der Waals surface area contributed by atoms with E-state index in [1.165, 1.54) is 4.88 Å². The van der Waals surface area contributed by atoms with E-state index in [4.69, 9.17) is 9.73 Å². The van der Waals surface area contributed by atoms with E-state index in [2.05, 4.69) is 54.3 Å². The van der Waals surface area contributed by atoms with Crippen LogP contribution in [0.2, 0.25) is 0 Å². The third-order valence-electron chi connectivity index (χ3n) is 4.70. The van der Waals surface area contributed by atoms with Crippen LogP contribution >= 0.6 is 11.3 Å². The van der Waals surface area contributed by atoms with Gasteiger partial charge in [-0.3, -0.25) is 0 Å². The molecule has 2 N–H and O–H groups in total. The Morgan fingerprint density at radius 3 is 2.55 bits per heavy atom. The van der Waals surface area contributed by atoms with Crippen molar-refractivity contribution in [3.8, 4) is 5.75 Å². The van der Waals surface area contributed by atoms with Crippen LogP contribution in [0.15, 0.2) is 29.3 Å². The van der Waals surface area contributed by atoms with E-state index in [-0.39, 0.29) is 0 Å². The monoisotopic (exact) mass is 417 g/mol. The Kier molecular flexibility index (Phi) is 9.94. The number of hydrogen-bond acceptors (Lipinski definition) is 5. The first kappa shape index (κ1) is 23.2. The second kappa shape index (κ2) is 12.4. The molecule has 0 spiro atoms. The first-order valence-corrected chi connectivity index (χ1v) is 11.3. The van der Waals surface area contributed by atoms with Gasteiger partial charge < -0.3 is 20.3 Å². The zero-order chi connectivity index (χ0) is 21.1. The van der Waals surface area contributed by atoms with Crippen LogP contribution in [-0.2, 0) is 13.1 Å². The summed E-state index contributed by atoms with van der Waals surface area (Å²) < 4.78 is 6.05. The molecule has 1 aromatic carbocycles. The molecular weight excluding hydrogens is 382 g/mol. The average molecular weight is 418 g/mol. The Morgan fingerprint density at radius 2 is 1.90 bits per heavy atom. The number of ether oxygens (including phenoxy) is 1. The van der Waals surface area contributed by atoms with Crippen LogP contribution in [0.3, 0.4) is 0 Å². The molecule has 0 fully saturated rings. The standard InChI is InChI=1S/C22H35N5OS/c1-6-23-22(25-16-21-17(4)26-18(5)29-21)24-15-19-11-9-10-12-20(19)28-14-13-27(7-2)8-3/h9-12H,6-8,13-16H2,1-5H3,(H2,23,24,25). The predicted octanol–water partition coefficient (Wildman–Crippen LogP) is 3.74. The predicted molar refractivity (Wildman–Crippen MR) is 123 cm³/mol. The summed E-state index contributed by atoms with van der Waals surface area (Å²) >= 11 is 1.73. The molecule has 7 heteroatoms. The van der Waals surface area contributed by atoms with Gasteiger partial charge in [-0.1, -0.05) is 32.0 Å². The van der Waals surface area contributed by atoms with Crippen LogP contribution in [0, 0.1) is 13.8 Å². The molecule has 6 nitrogen and oxygen atoms in total. The Bertz CT molecular complexity index is 770. The lowest BCUT2D eigenvalue weighted by Gasteiger charge is -2.18. The number of aryl methyl sites for hydroxylation is 2. The molecule has 29 heavy (non-hydrogen) atoms. The van der Waals surface area contributed by atoms with Gasteiger partial charge in [0.2, 0.25) is 0 Å². The molecule has 0 bridgehead atoms. The molecule has 1 aromatic heterocycles. The minimum Gasteiger partial charge on any atom is -0.492 e. The molecule has 0 aliphatic heterocycles. The molecular formula is C22H35N5OS. The molecule has 160 valence electrons. The Balaban J connectivity index is 1.98. The smallest absolute Gasteiger partial charge is 0.191 e. The van der Waals surface area contributed by atoms with Gasteiger partial charge in [0.05, 0.1) is 23.8 Å². The van der Waals surface area contributed by atoms with E-state index in [1.807, 2.05) is 25.1 Å². The number of para-hydroxylation sites is 1. The van der Waals surface area contributed by atoms with Gasteiger partial charge >= 0.3 is 0 Å². The zero-order valence-corrected chi connectivity index (χ0v) is 19.2. The number of aliphatic imine (C=N–C) groups is 1. The van der Waals surface area contributed by atoms with Crippen molar-refractivity contribution >= 4 is 17.3 Å². The van der Waals surface area contributed by atoms with Crippen LogP contribution < -0.4 is 15.4 Å². The lowest BCUT2D eigenvalue weighted by atomic mass is 10.2. The molecule has 0 atom stereocenters. The lowest BCUT2D eigenvalue weighted by molar-refractivity contribution is 0.221. The highest BCUT2D eigenvalue weighted by molar-refractivity contribution is 7.11. The molecule has 0 saturated carbocycles. The van der Waals surface area contributed by atoms with Crippen molar-refractivity contribution in [1.29, 1.82) is 0 Å². The summed E-state index contributed by atoms with van der Waals surface area (Å²) in [6.45, 7) is 16.3. The van der Waals surface area contributed by atoms with E-state index >= 15 is 0 Å². The summed E-state index contributed by atoms with van der Waals surface area (Å²) in [6.07, 6.45) is 0. The highest BCUT2D eigenvalue weighted by Crippen LogP contribution is 2.19. The number of rotatable bonds is 11. The quantitative estimate of drug-likeness (QED) is 0.431. The van der Waals surface area contributed by atoms with Gasteiger partial charge in [-0.05, 0) is 39.9 Å². The molecule has 0 aliphatic carbocycles. The van der Waals surface area contributed by atoms with E-state index < -0.39 is 0 Å². The Morgan fingerprint density at radius 1 is 1.14 bits per heavy atom. The maximum atomic E-state index is 6.05. The van der Waals surface area contributed by atoms with Gasteiger partial charge in [0.1, 0.15) is 12.4 Å². The summed E-state index contributed by atoms with van der Waals surface area (Å²) in [4.78, 5) is 12.9. The number of nitrogens with zero attached hydrogens (tertiary/aromatic N) is 3. The third-order valence-corrected chi connectivity index (χ3v) is 5.77. The number of nitrogens with one attached hydrogen (secondary N) is 2. The number of thiazole rings is 1. The molecule has 2 aromatic rings. The fourth-order valence-electron chi connectivity index (χ4n) is 3.01. The number of guanidine groups is 1. The van der Waals surface area contributed by atoms with E-state index in [1.54, 1.807) is 11.3 Å². The molecule has 2 rings (SSSR count). The average Bonchev–Trinajstić information content (AvgIpc) is 3.05. The first-order valence-electron chi connectivity index (χ1n) is 10.4. The molecule has 0 aliphatic rings. The van der Waals surface area contributed by atoms with Crippen LogP contribution in [0.25, 0.3) is 0 Å². The van der Waals surface area contributed by atoms with E-state index in [9.17, 15) is 0 Å². The maximum Gasteiger partial charge on any atom is 0.191 e. The van der Waals surface area contributed by atoms with Crippen molar-refractivity contribution in [2.75, 3.05) is 32.8 Å². The molecule has 0 saturated heterocycles. The van der Waals surface area contributed by atoms with Crippen LogP contribution in [-0.4, -0.2) is 48.6 Å². The SMILES string of the molecule is CCNC(=NCc1ccccc1OCCN(CC)CC)NCc1sc(C)nc1C. The van der Waals surface area contributed by atoms with Crippen molar-refractivity contribution in [2.24, 2.45) is 4.99 Å². The minimum atomic E-state index is 0.567. The number of aromatic nitrogens is 1. The summed E-state index contributed by atoms with van der Waals surface area (Å²) in [7, 11) is 0. The molecule has 1 heterocycles. The van der Waals surface area contributed by atoms with Gasteiger partial charge in [-0.2, -0.15) is 0 Å². The van der Waals surface area contributed by atoms with Crippen LogP contribution in [0.4, 0.5) is 0 Å². The van der Waals surface area contributed by atoms with Gasteiger partial charge in [0, 0.05) is 23.5 Å². The second-order valence-corrected chi connectivity index (χ2v) is 8.06. The first-order chi connectivity index (χ1) is 14.1. The van der Waals surface area contributed by atoms with E-state index in [0.29, 0.717) is 13.2 Å². The normalized spacial score (nSPS) is 11.7. The van der Waals surface area contributed by atoms with Gasteiger partial charge in [-0.25, -0.2) is 9.98 Å². The van der Waals surface area contributed by atoms with Gasteiger partial charge in [0.25, 0.3) is 0 Å². The molecule has 0 radical (unpaired) electrons. The summed E-state index contributed by atoms with van der Waals surface area (Å²) in [5.74, 6) is 1.71. The summed E-state index contributed by atoms with van der Waals surface area (Å²) in [5.41, 5.74) is 2.18. The van der Waals surface area contributed by atoms with Gasteiger partial charge in [0.15, 0.2) is 5.96 Å². The number of hydrogen-bond donors (Lipinski definition) is 2. The lowest BCUT2D eigenvalue weighted by Crippen LogP contribution is -2.36. The largest absolute Gasteiger partial charge is 0.492 e. The zero-order valence-electron chi connectivity index (χ0n) is 18.4. The van der Waals surface area contributed by atoms with Crippen molar-refractivity contribution in [1.82, 2.24) is 20.5 Å². The van der Waals surface area contributed by atoms with Crippen LogP contribution in [0.1, 0.15) is 41.9 Å². The van der Waals surface area contributed by atoms with Crippen molar-refractivity contribution < 1.29 is 4.74 Å². The molecule has 0 unspecified atom stereocenters. The summed E-state index contributed by atoms with van der Waals surface area (Å²) in [6, 6.07) is 8.15. The molecule has 0 amide bonds. The maximum absolute atomic E-state index is 6.05. The fourth-order valence-corrected chi connectivity index (χ4v) is 3.88. The van der Waals surface area contributed by atoms with Crippen molar-refractivity contribution in [3.05, 3.63) is 45.4 Å². The highest BCUT2D eigenvalue weighted by Gasteiger charge is 2.07. The number of likely N-dealkylation sites (N-methyl/N-ethyl adjacent to an activating group) is 1. The minimum absolute atomic E-state index is 0.567. The Labute approximate surface area is 179 Å². The third kappa shape index (κ3) is 7.66. The second-order valence-electron chi connectivity index (χ2n) is 6.77. The summed E-state index contributed by atoms with van der Waals surface area (Å²) in [5, 5.41) is 7.83. The Hall–Kier alpha value is -2.12. The topological polar surface area (TPSA) is 61.8 Å². The van der Waals surface area contributed by atoms with Crippen molar-refractivity contribution in [3.63, 3.8) is 0 Å².